The van der Waals surface area contributed by atoms with E-state index in [0.717, 1.165) is 80.0 Å². The smallest absolute Gasteiger partial charge is 0.234 e. The SMILES string of the molecule is O=C(CN1CCC2(CC1)Nc1cc(Cl)ccc1C1=NCCCN12)NCC1CC1. The van der Waals surface area contributed by atoms with Crippen molar-refractivity contribution in [3.63, 3.8) is 0 Å². The van der Waals surface area contributed by atoms with Crippen molar-refractivity contribution in [1.82, 2.24) is 15.1 Å². The van der Waals surface area contributed by atoms with E-state index in [1.165, 1.54) is 12.8 Å². The molecule has 0 radical (unpaired) electrons. The van der Waals surface area contributed by atoms with Crippen LogP contribution in [0.3, 0.4) is 0 Å². The number of aliphatic imine (C=N–C) groups is 1. The van der Waals surface area contributed by atoms with E-state index in [-0.39, 0.29) is 11.6 Å². The summed E-state index contributed by atoms with van der Waals surface area (Å²) in [5.74, 6) is 1.99. The monoisotopic (exact) mass is 401 g/mol. The Labute approximate surface area is 171 Å². The number of rotatable bonds is 4. The number of piperidine rings is 1. The predicted molar refractivity (Wildman–Crippen MR) is 112 cm³/mol. The Morgan fingerprint density at radius 1 is 1.29 bits per heavy atom. The summed E-state index contributed by atoms with van der Waals surface area (Å²) in [6.45, 7) is 5.08. The number of anilines is 1. The van der Waals surface area contributed by atoms with Crippen molar-refractivity contribution < 1.29 is 4.79 Å². The van der Waals surface area contributed by atoms with E-state index in [1.807, 2.05) is 12.1 Å². The molecule has 0 bridgehead atoms. The van der Waals surface area contributed by atoms with Gasteiger partial charge in [-0.25, -0.2) is 0 Å². The number of nitrogens with zero attached hydrogens (tertiary/aromatic N) is 3. The molecule has 1 saturated carbocycles. The van der Waals surface area contributed by atoms with Gasteiger partial charge in [0.05, 0.1) is 6.54 Å². The summed E-state index contributed by atoms with van der Waals surface area (Å²) < 4.78 is 0. The maximum Gasteiger partial charge on any atom is 0.234 e. The minimum Gasteiger partial charge on any atom is -0.362 e. The van der Waals surface area contributed by atoms with Gasteiger partial charge in [0.1, 0.15) is 11.5 Å². The molecular weight excluding hydrogens is 374 g/mol. The van der Waals surface area contributed by atoms with E-state index in [9.17, 15) is 4.79 Å². The number of amides is 1. The van der Waals surface area contributed by atoms with Crippen LogP contribution in [0.15, 0.2) is 23.2 Å². The van der Waals surface area contributed by atoms with Crippen LogP contribution in [0.5, 0.6) is 0 Å². The van der Waals surface area contributed by atoms with E-state index in [0.29, 0.717) is 6.54 Å². The zero-order valence-corrected chi connectivity index (χ0v) is 17.0. The molecule has 2 fully saturated rings. The highest BCUT2D eigenvalue weighted by atomic mass is 35.5. The molecule has 6 nitrogen and oxygen atoms in total. The molecule has 0 atom stereocenters. The van der Waals surface area contributed by atoms with Crippen LogP contribution in [0.4, 0.5) is 5.69 Å². The van der Waals surface area contributed by atoms with Crippen LogP contribution < -0.4 is 10.6 Å². The quantitative estimate of drug-likeness (QED) is 0.814. The highest BCUT2D eigenvalue weighted by Crippen LogP contribution is 2.40. The Morgan fingerprint density at radius 3 is 2.89 bits per heavy atom. The van der Waals surface area contributed by atoms with Crippen LogP contribution in [-0.2, 0) is 4.79 Å². The third-order valence-corrected chi connectivity index (χ3v) is 6.73. The molecule has 1 aromatic carbocycles. The number of carbonyl (C=O) groups is 1. The van der Waals surface area contributed by atoms with Gasteiger partial charge < -0.3 is 15.5 Å². The fourth-order valence-corrected chi connectivity index (χ4v) is 4.87. The second kappa shape index (κ2) is 7.23. The molecular formula is C21H28ClN5O. The van der Waals surface area contributed by atoms with E-state index in [2.05, 4.69) is 26.5 Å². The summed E-state index contributed by atoms with van der Waals surface area (Å²) in [5, 5.41) is 7.64. The molecule has 5 rings (SSSR count). The Morgan fingerprint density at radius 2 is 2.11 bits per heavy atom. The first-order chi connectivity index (χ1) is 13.6. The summed E-state index contributed by atoms with van der Waals surface area (Å²) >= 11 is 6.27. The zero-order valence-electron chi connectivity index (χ0n) is 16.2. The molecule has 3 heterocycles. The molecule has 2 N–H and O–H groups in total. The van der Waals surface area contributed by atoms with Gasteiger partial charge in [-0.1, -0.05) is 11.6 Å². The Hall–Kier alpha value is -1.79. The number of hydrogen-bond acceptors (Lipinski definition) is 5. The lowest BCUT2D eigenvalue weighted by atomic mass is 9.89. The van der Waals surface area contributed by atoms with Gasteiger partial charge in [-0.2, -0.15) is 0 Å². The molecule has 7 heteroatoms. The van der Waals surface area contributed by atoms with Gasteiger partial charge in [-0.15, -0.1) is 0 Å². The van der Waals surface area contributed by atoms with Gasteiger partial charge in [-0.05, 0) is 43.4 Å². The van der Waals surface area contributed by atoms with Gasteiger partial charge in [0.15, 0.2) is 0 Å². The number of likely N-dealkylation sites (tertiary alicyclic amines) is 1. The third-order valence-electron chi connectivity index (χ3n) is 6.50. The number of fused-ring (bicyclic) bond motifs is 4. The summed E-state index contributed by atoms with van der Waals surface area (Å²) in [4.78, 5) is 21.8. The van der Waals surface area contributed by atoms with Crippen molar-refractivity contribution in [3.05, 3.63) is 28.8 Å². The maximum absolute atomic E-state index is 12.2. The lowest BCUT2D eigenvalue weighted by Gasteiger charge is -2.54. The molecule has 1 aliphatic carbocycles. The van der Waals surface area contributed by atoms with Crippen molar-refractivity contribution in [3.8, 4) is 0 Å². The van der Waals surface area contributed by atoms with Gasteiger partial charge >= 0.3 is 0 Å². The molecule has 3 aliphatic heterocycles. The molecule has 4 aliphatic rings. The minimum absolute atomic E-state index is 0.127. The fourth-order valence-electron chi connectivity index (χ4n) is 4.70. The van der Waals surface area contributed by atoms with Crippen LogP contribution in [0, 0.1) is 5.92 Å². The molecule has 0 aromatic heterocycles. The Kier molecular flexibility index (Phi) is 4.71. The van der Waals surface area contributed by atoms with Crippen molar-refractivity contribution in [2.45, 2.75) is 37.8 Å². The Bertz CT molecular complexity index is 798. The molecule has 28 heavy (non-hydrogen) atoms. The molecule has 1 amide bonds. The summed E-state index contributed by atoms with van der Waals surface area (Å²) in [6.07, 6.45) is 5.55. The minimum atomic E-state index is -0.127. The average molecular weight is 402 g/mol. The van der Waals surface area contributed by atoms with Crippen LogP contribution in [0.1, 0.15) is 37.7 Å². The lowest BCUT2D eigenvalue weighted by molar-refractivity contribution is -0.122. The average Bonchev–Trinajstić information content (AvgIpc) is 3.53. The molecule has 150 valence electrons. The van der Waals surface area contributed by atoms with Gasteiger partial charge in [0, 0.05) is 61.8 Å². The summed E-state index contributed by atoms with van der Waals surface area (Å²) in [6, 6.07) is 6.04. The first-order valence-electron chi connectivity index (χ1n) is 10.5. The number of nitrogens with one attached hydrogen (secondary N) is 2. The second-order valence-electron chi connectivity index (χ2n) is 8.58. The lowest BCUT2D eigenvalue weighted by Crippen LogP contribution is -2.65. The third kappa shape index (κ3) is 3.48. The molecule has 1 spiro atoms. The van der Waals surface area contributed by atoms with Crippen LogP contribution in [0.25, 0.3) is 0 Å². The van der Waals surface area contributed by atoms with Gasteiger partial charge in [0.2, 0.25) is 5.91 Å². The largest absolute Gasteiger partial charge is 0.362 e. The van der Waals surface area contributed by atoms with Crippen LogP contribution in [0.2, 0.25) is 5.02 Å². The summed E-state index contributed by atoms with van der Waals surface area (Å²) in [5.41, 5.74) is 2.11. The number of hydrogen-bond donors (Lipinski definition) is 2. The van der Waals surface area contributed by atoms with E-state index < -0.39 is 0 Å². The van der Waals surface area contributed by atoms with Gasteiger partial charge in [-0.3, -0.25) is 14.7 Å². The topological polar surface area (TPSA) is 60.0 Å². The number of benzene rings is 1. The predicted octanol–water partition coefficient (Wildman–Crippen LogP) is 2.54. The number of halogens is 1. The Balaban J connectivity index is 1.29. The highest BCUT2D eigenvalue weighted by Gasteiger charge is 2.46. The van der Waals surface area contributed by atoms with Crippen molar-refractivity contribution in [2.24, 2.45) is 10.9 Å². The summed E-state index contributed by atoms with van der Waals surface area (Å²) in [7, 11) is 0. The van der Waals surface area contributed by atoms with E-state index in [4.69, 9.17) is 16.6 Å². The molecule has 0 unspecified atom stereocenters. The zero-order chi connectivity index (χ0) is 19.1. The second-order valence-corrected chi connectivity index (χ2v) is 9.02. The van der Waals surface area contributed by atoms with Crippen molar-refractivity contribution in [2.75, 3.05) is 44.6 Å². The van der Waals surface area contributed by atoms with Gasteiger partial charge in [0.25, 0.3) is 0 Å². The highest BCUT2D eigenvalue weighted by molar-refractivity contribution is 6.31. The van der Waals surface area contributed by atoms with Crippen molar-refractivity contribution in [1.29, 1.82) is 0 Å². The maximum atomic E-state index is 12.2. The standard InChI is InChI=1S/C21H28ClN5O/c22-16-4-5-17-18(12-16)25-21(27-9-1-8-23-20(17)27)6-10-26(11-7-21)14-19(28)24-13-15-2-3-15/h4-5,12,15,25H,1-3,6-11,13-14H2,(H,24,28). The fraction of sp³-hybridized carbons (Fsp3) is 0.619. The number of carbonyl (C=O) groups excluding carboxylic acids is 1. The first kappa shape index (κ1) is 18.3. The molecule has 1 aromatic rings. The van der Waals surface area contributed by atoms with E-state index >= 15 is 0 Å². The normalized spacial score (nSPS) is 23.5. The number of amidine groups is 1. The van der Waals surface area contributed by atoms with Crippen molar-refractivity contribution >= 4 is 29.0 Å². The first-order valence-corrected chi connectivity index (χ1v) is 10.9. The van der Waals surface area contributed by atoms with E-state index in [1.54, 1.807) is 0 Å². The molecule has 1 saturated heterocycles. The van der Waals surface area contributed by atoms with Crippen LogP contribution >= 0.6 is 11.6 Å². The van der Waals surface area contributed by atoms with Crippen LogP contribution in [-0.4, -0.2) is 66.5 Å².